The van der Waals surface area contributed by atoms with Gasteiger partial charge in [0.05, 0.1) is 29.4 Å². The van der Waals surface area contributed by atoms with Gasteiger partial charge in [-0.05, 0) is 48.9 Å². The van der Waals surface area contributed by atoms with E-state index in [1.165, 1.54) is 18.4 Å². The topological polar surface area (TPSA) is 81.2 Å². The van der Waals surface area contributed by atoms with Crippen LogP contribution in [-0.2, 0) is 11.2 Å². The van der Waals surface area contributed by atoms with Gasteiger partial charge in [-0.1, -0.05) is 18.5 Å². The van der Waals surface area contributed by atoms with E-state index in [1.807, 2.05) is 19.1 Å². The number of rotatable bonds is 5. The molecule has 4 aromatic rings. The van der Waals surface area contributed by atoms with Gasteiger partial charge in [-0.3, -0.25) is 9.78 Å². The minimum absolute atomic E-state index is 0.335. The van der Waals surface area contributed by atoms with Crippen LogP contribution in [0.25, 0.3) is 22.2 Å². The molecule has 31 heavy (non-hydrogen) atoms. The largest absolute Gasteiger partial charge is 0.465 e. The number of aromatic nitrogens is 2. The zero-order valence-electron chi connectivity index (χ0n) is 16.8. The van der Waals surface area contributed by atoms with Crippen LogP contribution in [0, 0.1) is 0 Å². The molecule has 0 saturated carbocycles. The molecule has 0 aliphatic carbocycles. The van der Waals surface area contributed by atoms with Crippen molar-refractivity contribution in [3.05, 3.63) is 75.9 Å². The van der Waals surface area contributed by atoms with Crippen molar-refractivity contribution in [2.45, 2.75) is 13.3 Å². The van der Waals surface area contributed by atoms with Crippen LogP contribution in [-0.4, -0.2) is 29.0 Å². The smallest absolute Gasteiger partial charge is 0.340 e. The summed E-state index contributed by atoms with van der Waals surface area (Å²) < 4.78 is 4.87. The summed E-state index contributed by atoms with van der Waals surface area (Å²) in [5, 5.41) is 4.44. The monoisotopic (exact) mass is 451 g/mol. The van der Waals surface area contributed by atoms with Gasteiger partial charge < -0.3 is 10.1 Å². The molecule has 1 N–H and O–H groups in total. The van der Waals surface area contributed by atoms with Gasteiger partial charge in [0.1, 0.15) is 5.00 Å². The third kappa shape index (κ3) is 4.28. The molecule has 4 rings (SSSR count). The normalized spacial score (nSPS) is 10.8. The number of hydrogen-bond donors (Lipinski definition) is 1. The Morgan fingerprint density at radius 3 is 2.71 bits per heavy atom. The van der Waals surface area contributed by atoms with Crippen molar-refractivity contribution in [2.24, 2.45) is 0 Å². The fourth-order valence-corrected chi connectivity index (χ4v) is 4.34. The van der Waals surface area contributed by atoms with Crippen LogP contribution in [0.15, 0.2) is 54.9 Å². The van der Waals surface area contributed by atoms with Crippen LogP contribution >= 0.6 is 22.9 Å². The first kappa shape index (κ1) is 21.0. The number of thiophene rings is 1. The molecule has 0 fully saturated rings. The number of fused-ring (bicyclic) bond motifs is 1. The van der Waals surface area contributed by atoms with Crippen molar-refractivity contribution in [1.29, 1.82) is 0 Å². The van der Waals surface area contributed by atoms with E-state index in [1.54, 1.807) is 42.7 Å². The highest BCUT2D eigenvalue weighted by Crippen LogP contribution is 2.32. The Bertz CT molecular complexity index is 1290. The highest BCUT2D eigenvalue weighted by Gasteiger charge is 2.21. The third-order valence-corrected chi connectivity index (χ3v) is 6.17. The zero-order chi connectivity index (χ0) is 22.0. The fraction of sp³-hybridized carbons (Fsp3) is 0.130. The highest BCUT2D eigenvalue weighted by atomic mass is 35.5. The molecule has 1 aromatic carbocycles. The van der Waals surface area contributed by atoms with Gasteiger partial charge >= 0.3 is 5.97 Å². The Kier molecular flexibility index (Phi) is 5.97. The minimum Gasteiger partial charge on any atom is -0.465 e. The number of methoxy groups -OCH3 is 1. The van der Waals surface area contributed by atoms with Crippen LogP contribution in [0.4, 0.5) is 5.00 Å². The summed E-state index contributed by atoms with van der Waals surface area (Å²) in [6.45, 7) is 1.98. The Morgan fingerprint density at radius 2 is 2.00 bits per heavy atom. The maximum atomic E-state index is 13.3. The van der Waals surface area contributed by atoms with Crippen molar-refractivity contribution in [2.75, 3.05) is 12.4 Å². The van der Waals surface area contributed by atoms with E-state index in [2.05, 4.69) is 15.3 Å². The number of nitrogens with zero attached hydrogens (tertiary/aromatic N) is 2. The summed E-state index contributed by atoms with van der Waals surface area (Å²) in [6.07, 6.45) is 4.10. The molecule has 0 spiro atoms. The summed E-state index contributed by atoms with van der Waals surface area (Å²) in [4.78, 5) is 35.3. The van der Waals surface area contributed by atoms with E-state index in [-0.39, 0.29) is 5.91 Å². The zero-order valence-corrected chi connectivity index (χ0v) is 18.4. The van der Waals surface area contributed by atoms with Crippen LogP contribution in [0.1, 0.15) is 32.5 Å². The lowest BCUT2D eigenvalue weighted by atomic mass is 10.0. The second-order valence-corrected chi connectivity index (χ2v) is 8.29. The third-order valence-electron chi connectivity index (χ3n) is 4.74. The van der Waals surface area contributed by atoms with Crippen molar-refractivity contribution in [3.8, 4) is 11.3 Å². The first-order chi connectivity index (χ1) is 15.0. The van der Waals surface area contributed by atoms with Crippen LogP contribution in [0.5, 0.6) is 0 Å². The maximum Gasteiger partial charge on any atom is 0.340 e. The van der Waals surface area contributed by atoms with Gasteiger partial charge in [-0.15, -0.1) is 11.3 Å². The van der Waals surface area contributed by atoms with Crippen molar-refractivity contribution in [3.63, 3.8) is 0 Å². The molecule has 0 aliphatic heterocycles. The number of anilines is 1. The van der Waals surface area contributed by atoms with Gasteiger partial charge in [0.15, 0.2) is 0 Å². The standard InChI is InChI=1S/C23H18ClN3O3S/c1-3-15-10-18(23(29)30-2)22(31-15)27-21(28)17-11-20(13-5-4-8-25-12-13)26-19-7-6-14(24)9-16(17)19/h4-12H,3H2,1-2H3,(H,27,28). The van der Waals surface area contributed by atoms with Crippen molar-refractivity contribution < 1.29 is 14.3 Å². The van der Waals surface area contributed by atoms with Crippen molar-refractivity contribution >= 4 is 50.7 Å². The number of amides is 1. The lowest BCUT2D eigenvalue weighted by Gasteiger charge is -2.11. The second-order valence-electron chi connectivity index (χ2n) is 6.71. The predicted molar refractivity (Wildman–Crippen MR) is 123 cm³/mol. The molecular formula is C23H18ClN3O3S. The lowest BCUT2D eigenvalue weighted by Crippen LogP contribution is -2.14. The summed E-state index contributed by atoms with van der Waals surface area (Å²) in [7, 11) is 1.32. The van der Waals surface area contributed by atoms with E-state index in [0.717, 1.165) is 16.9 Å². The fourth-order valence-electron chi connectivity index (χ4n) is 3.19. The summed E-state index contributed by atoms with van der Waals surface area (Å²) in [5.74, 6) is -0.862. The lowest BCUT2D eigenvalue weighted by molar-refractivity contribution is 0.0602. The van der Waals surface area contributed by atoms with Crippen LogP contribution < -0.4 is 5.32 Å². The van der Waals surface area contributed by atoms with E-state index >= 15 is 0 Å². The number of halogens is 1. The number of esters is 1. The van der Waals surface area contributed by atoms with Crippen molar-refractivity contribution in [1.82, 2.24) is 9.97 Å². The van der Waals surface area contributed by atoms with E-state index < -0.39 is 5.97 Å². The molecule has 0 radical (unpaired) electrons. The van der Waals surface area contributed by atoms with Crippen LogP contribution in [0.3, 0.4) is 0 Å². The number of pyridine rings is 2. The molecule has 1 amide bonds. The number of aryl methyl sites for hydroxylation is 1. The average molecular weight is 452 g/mol. The molecule has 0 unspecified atom stereocenters. The molecular weight excluding hydrogens is 434 g/mol. The second kappa shape index (κ2) is 8.83. The Hall–Kier alpha value is -3.29. The number of ether oxygens (including phenoxy) is 1. The minimum atomic E-state index is -0.495. The quantitative estimate of drug-likeness (QED) is 0.398. The molecule has 0 bridgehead atoms. The van der Waals surface area contributed by atoms with Gasteiger partial charge in [-0.2, -0.15) is 0 Å². The predicted octanol–water partition coefficient (Wildman–Crippen LogP) is 5.61. The number of benzene rings is 1. The Labute approximate surface area is 187 Å². The molecule has 8 heteroatoms. The molecule has 0 saturated heterocycles. The van der Waals surface area contributed by atoms with Gasteiger partial charge in [-0.25, -0.2) is 9.78 Å². The number of nitrogens with one attached hydrogen (secondary N) is 1. The van der Waals surface area contributed by atoms with E-state index in [0.29, 0.717) is 37.7 Å². The molecule has 156 valence electrons. The number of carbonyl (C=O) groups excluding carboxylic acids is 2. The highest BCUT2D eigenvalue weighted by molar-refractivity contribution is 7.16. The summed E-state index contributed by atoms with van der Waals surface area (Å²) in [6, 6.07) is 12.3. The molecule has 6 nitrogen and oxygen atoms in total. The molecule has 3 heterocycles. The van der Waals surface area contributed by atoms with Crippen LogP contribution in [0.2, 0.25) is 5.02 Å². The van der Waals surface area contributed by atoms with Gasteiger partial charge in [0.2, 0.25) is 0 Å². The molecule has 0 atom stereocenters. The average Bonchev–Trinajstić information content (AvgIpc) is 3.21. The Balaban J connectivity index is 1.82. The first-order valence-electron chi connectivity index (χ1n) is 9.53. The summed E-state index contributed by atoms with van der Waals surface area (Å²) in [5.41, 5.74) is 2.76. The SMILES string of the molecule is CCc1cc(C(=O)OC)c(NC(=O)c2cc(-c3cccnc3)nc3ccc(Cl)cc23)s1. The maximum absolute atomic E-state index is 13.3. The molecule has 3 aromatic heterocycles. The summed E-state index contributed by atoms with van der Waals surface area (Å²) >= 11 is 7.54. The van der Waals surface area contributed by atoms with E-state index in [4.69, 9.17) is 16.3 Å². The first-order valence-corrected chi connectivity index (χ1v) is 10.7. The molecule has 0 aliphatic rings. The van der Waals surface area contributed by atoms with Gasteiger partial charge in [0.25, 0.3) is 5.91 Å². The Morgan fingerprint density at radius 1 is 1.16 bits per heavy atom. The van der Waals surface area contributed by atoms with Gasteiger partial charge in [0, 0.05) is 33.2 Å². The van der Waals surface area contributed by atoms with E-state index in [9.17, 15) is 9.59 Å². The number of carbonyl (C=O) groups is 2. The number of hydrogen-bond acceptors (Lipinski definition) is 6.